The summed E-state index contributed by atoms with van der Waals surface area (Å²) in [6.07, 6.45) is 1.70. The van der Waals surface area contributed by atoms with Gasteiger partial charge in [-0.25, -0.2) is 0 Å². The maximum atomic E-state index is 12.3. The molecule has 0 aromatic carbocycles. The lowest BCUT2D eigenvalue weighted by atomic mass is 10.4. The van der Waals surface area contributed by atoms with Gasteiger partial charge in [0, 0.05) is 26.2 Å². The van der Waals surface area contributed by atoms with Crippen molar-refractivity contribution < 1.29 is 13.2 Å². The van der Waals surface area contributed by atoms with Crippen LogP contribution in [-0.4, -0.2) is 56.4 Å². The molecule has 0 saturated carbocycles. The van der Waals surface area contributed by atoms with Crippen molar-refractivity contribution >= 4 is 10.2 Å². The monoisotopic (exact) mass is 250 g/mol. The van der Waals surface area contributed by atoms with Crippen LogP contribution in [0.2, 0.25) is 0 Å². The van der Waals surface area contributed by atoms with E-state index in [9.17, 15) is 8.42 Å². The largest absolute Gasteiger partial charge is 0.379 e. The topological polar surface area (TPSA) is 49.9 Å². The van der Waals surface area contributed by atoms with Gasteiger partial charge in [0.05, 0.1) is 13.2 Å². The van der Waals surface area contributed by atoms with Crippen molar-refractivity contribution in [2.45, 2.75) is 26.7 Å². The standard InChI is InChI=1S/C10H22N2O3S/c1-3-5-11(6-4-2)16(13,14)12-7-9-15-10-8-12/h3-10H2,1-2H3. The van der Waals surface area contributed by atoms with E-state index < -0.39 is 10.2 Å². The highest BCUT2D eigenvalue weighted by molar-refractivity contribution is 7.86. The summed E-state index contributed by atoms with van der Waals surface area (Å²) in [5.74, 6) is 0. The molecule has 1 aliphatic rings. The molecule has 0 unspecified atom stereocenters. The molecule has 0 radical (unpaired) electrons. The highest BCUT2D eigenvalue weighted by Crippen LogP contribution is 2.12. The smallest absolute Gasteiger partial charge is 0.282 e. The Kier molecular flexibility index (Phi) is 5.68. The Balaban J connectivity index is 2.70. The average molecular weight is 250 g/mol. The average Bonchev–Trinajstić information content (AvgIpc) is 2.30. The van der Waals surface area contributed by atoms with E-state index in [1.54, 1.807) is 4.31 Å². The van der Waals surface area contributed by atoms with Crippen LogP contribution in [-0.2, 0) is 14.9 Å². The van der Waals surface area contributed by atoms with Crippen molar-refractivity contribution in [3.05, 3.63) is 0 Å². The molecule has 0 N–H and O–H groups in total. The predicted octanol–water partition coefficient (Wildman–Crippen LogP) is 0.685. The van der Waals surface area contributed by atoms with Crippen LogP contribution in [0.25, 0.3) is 0 Å². The van der Waals surface area contributed by atoms with Crippen molar-refractivity contribution in [1.29, 1.82) is 0 Å². The van der Waals surface area contributed by atoms with Gasteiger partial charge in [-0.05, 0) is 12.8 Å². The van der Waals surface area contributed by atoms with Gasteiger partial charge in [-0.1, -0.05) is 13.8 Å². The molecule has 0 bridgehead atoms. The van der Waals surface area contributed by atoms with Crippen molar-refractivity contribution in [3.63, 3.8) is 0 Å². The van der Waals surface area contributed by atoms with Crippen molar-refractivity contribution in [1.82, 2.24) is 8.61 Å². The van der Waals surface area contributed by atoms with Gasteiger partial charge in [-0.15, -0.1) is 0 Å². The number of hydrogen-bond donors (Lipinski definition) is 0. The highest BCUT2D eigenvalue weighted by Gasteiger charge is 2.29. The second-order valence-corrected chi connectivity index (χ2v) is 5.85. The fourth-order valence-electron chi connectivity index (χ4n) is 1.78. The molecule has 1 saturated heterocycles. The van der Waals surface area contributed by atoms with Crippen molar-refractivity contribution in [3.8, 4) is 0 Å². The molecule has 1 rings (SSSR count). The van der Waals surface area contributed by atoms with Gasteiger partial charge in [-0.3, -0.25) is 0 Å². The highest BCUT2D eigenvalue weighted by atomic mass is 32.2. The summed E-state index contributed by atoms with van der Waals surface area (Å²) >= 11 is 0. The van der Waals surface area contributed by atoms with Crippen LogP contribution in [0.3, 0.4) is 0 Å². The maximum absolute atomic E-state index is 12.3. The second kappa shape index (κ2) is 6.54. The molecule has 1 aliphatic heterocycles. The van der Waals surface area contributed by atoms with Crippen molar-refractivity contribution in [2.24, 2.45) is 0 Å². The van der Waals surface area contributed by atoms with Crippen LogP contribution >= 0.6 is 0 Å². The third-order valence-corrected chi connectivity index (χ3v) is 4.60. The van der Waals surface area contributed by atoms with E-state index in [-0.39, 0.29) is 0 Å². The third kappa shape index (κ3) is 3.41. The van der Waals surface area contributed by atoms with E-state index >= 15 is 0 Å². The number of hydrogen-bond acceptors (Lipinski definition) is 3. The van der Waals surface area contributed by atoms with E-state index in [0.29, 0.717) is 39.4 Å². The Labute approximate surface area is 98.5 Å². The summed E-state index contributed by atoms with van der Waals surface area (Å²) in [5.41, 5.74) is 0. The minimum absolute atomic E-state index is 0.478. The van der Waals surface area contributed by atoms with Crippen LogP contribution < -0.4 is 0 Å². The van der Waals surface area contributed by atoms with E-state index in [4.69, 9.17) is 4.74 Å². The number of rotatable bonds is 6. The van der Waals surface area contributed by atoms with Crippen LogP contribution in [0.1, 0.15) is 26.7 Å². The van der Waals surface area contributed by atoms with Gasteiger partial charge in [0.15, 0.2) is 0 Å². The minimum Gasteiger partial charge on any atom is -0.379 e. The molecule has 1 fully saturated rings. The Morgan fingerprint density at radius 3 is 2.06 bits per heavy atom. The third-order valence-electron chi connectivity index (χ3n) is 2.57. The second-order valence-electron chi connectivity index (χ2n) is 3.92. The fraction of sp³-hybridized carbons (Fsp3) is 1.00. The molecule has 16 heavy (non-hydrogen) atoms. The maximum Gasteiger partial charge on any atom is 0.282 e. The summed E-state index contributed by atoms with van der Waals surface area (Å²) in [5, 5.41) is 0. The minimum atomic E-state index is -3.26. The van der Waals surface area contributed by atoms with E-state index in [1.165, 1.54) is 4.31 Å². The predicted molar refractivity (Wildman–Crippen MR) is 63.5 cm³/mol. The van der Waals surface area contributed by atoms with Crippen LogP contribution in [0, 0.1) is 0 Å². The quantitative estimate of drug-likeness (QED) is 0.697. The van der Waals surface area contributed by atoms with Crippen molar-refractivity contribution in [2.75, 3.05) is 39.4 Å². The zero-order valence-corrected chi connectivity index (χ0v) is 11.0. The summed E-state index contributed by atoms with van der Waals surface area (Å²) < 4.78 is 32.8. The number of morpholine rings is 1. The molecule has 1 heterocycles. The Bertz CT molecular complexity index is 280. The first-order chi connectivity index (χ1) is 7.62. The Morgan fingerprint density at radius 1 is 1.12 bits per heavy atom. The molecule has 0 aromatic heterocycles. The Hall–Kier alpha value is -0.170. The fourth-order valence-corrected chi connectivity index (χ4v) is 3.55. The molecular weight excluding hydrogens is 228 g/mol. The molecule has 0 amide bonds. The van der Waals surface area contributed by atoms with Crippen LogP contribution in [0.5, 0.6) is 0 Å². The molecule has 0 spiro atoms. The normalized spacial score (nSPS) is 19.2. The SMILES string of the molecule is CCCN(CCC)S(=O)(=O)N1CCOCC1. The van der Waals surface area contributed by atoms with Gasteiger partial charge >= 0.3 is 0 Å². The molecule has 96 valence electrons. The van der Waals surface area contributed by atoms with Gasteiger partial charge in [0.1, 0.15) is 0 Å². The summed E-state index contributed by atoms with van der Waals surface area (Å²) in [6.45, 7) is 7.17. The lowest BCUT2D eigenvalue weighted by Crippen LogP contribution is -2.49. The van der Waals surface area contributed by atoms with E-state index in [1.807, 2.05) is 13.8 Å². The van der Waals surface area contributed by atoms with Gasteiger partial charge < -0.3 is 4.74 Å². The lowest BCUT2D eigenvalue weighted by Gasteiger charge is -2.31. The number of ether oxygens (including phenoxy) is 1. The number of nitrogens with zero attached hydrogens (tertiary/aromatic N) is 2. The summed E-state index contributed by atoms with van der Waals surface area (Å²) in [6, 6.07) is 0. The molecule has 6 heteroatoms. The van der Waals surface area contributed by atoms with E-state index in [2.05, 4.69) is 0 Å². The molecular formula is C10H22N2O3S. The van der Waals surface area contributed by atoms with Crippen LogP contribution in [0.15, 0.2) is 0 Å². The summed E-state index contributed by atoms with van der Waals surface area (Å²) in [7, 11) is -3.26. The van der Waals surface area contributed by atoms with Gasteiger partial charge in [-0.2, -0.15) is 17.0 Å². The molecule has 0 aliphatic carbocycles. The first-order valence-corrected chi connectivity index (χ1v) is 7.35. The lowest BCUT2D eigenvalue weighted by molar-refractivity contribution is 0.0701. The summed E-state index contributed by atoms with van der Waals surface area (Å²) in [4.78, 5) is 0. The van der Waals surface area contributed by atoms with Gasteiger partial charge in [0.2, 0.25) is 0 Å². The van der Waals surface area contributed by atoms with E-state index in [0.717, 1.165) is 12.8 Å². The Morgan fingerprint density at radius 2 is 1.62 bits per heavy atom. The zero-order chi connectivity index (χ0) is 12.0. The molecule has 5 nitrogen and oxygen atoms in total. The zero-order valence-electron chi connectivity index (χ0n) is 10.2. The molecule has 0 atom stereocenters. The van der Waals surface area contributed by atoms with Gasteiger partial charge in [0.25, 0.3) is 10.2 Å². The molecule has 0 aromatic rings. The first kappa shape index (κ1) is 13.9. The first-order valence-electron chi connectivity index (χ1n) is 5.95. The van der Waals surface area contributed by atoms with Crippen LogP contribution in [0.4, 0.5) is 0 Å².